The fourth-order valence-corrected chi connectivity index (χ4v) is 2.64. The van der Waals surface area contributed by atoms with Gasteiger partial charge in [0.1, 0.15) is 5.82 Å². The third-order valence-electron chi connectivity index (χ3n) is 4.02. The van der Waals surface area contributed by atoms with Crippen LogP contribution in [-0.4, -0.2) is 23.8 Å². The van der Waals surface area contributed by atoms with Crippen molar-refractivity contribution in [2.75, 3.05) is 24.1 Å². The van der Waals surface area contributed by atoms with Crippen LogP contribution in [-0.2, 0) is 6.54 Å². The van der Waals surface area contributed by atoms with E-state index in [-0.39, 0.29) is 6.79 Å². The van der Waals surface area contributed by atoms with Gasteiger partial charge in [-0.05, 0) is 35.9 Å². The highest BCUT2D eigenvalue weighted by atomic mass is 16.7. The highest BCUT2D eigenvalue weighted by molar-refractivity contribution is 5.59. The molecule has 4 rings (SSSR count). The fraction of sp³-hybridized carbons (Fsp3) is 0.158. The lowest BCUT2D eigenvalue weighted by molar-refractivity contribution is 0.174. The normalized spacial score (nSPS) is 12.0. The second kappa shape index (κ2) is 6.68. The van der Waals surface area contributed by atoms with E-state index >= 15 is 0 Å². The number of nitrogens with zero attached hydrogens (tertiary/aromatic N) is 3. The van der Waals surface area contributed by atoms with Gasteiger partial charge in [-0.25, -0.2) is 4.98 Å². The van der Waals surface area contributed by atoms with Crippen molar-refractivity contribution in [1.29, 1.82) is 0 Å². The lowest BCUT2D eigenvalue weighted by Crippen LogP contribution is -2.13. The van der Waals surface area contributed by atoms with Gasteiger partial charge < -0.3 is 19.7 Å². The molecule has 6 nitrogen and oxygen atoms in total. The van der Waals surface area contributed by atoms with Crippen molar-refractivity contribution >= 4 is 17.5 Å². The van der Waals surface area contributed by atoms with E-state index < -0.39 is 0 Å². The smallest absolute Gasteiger partial charge is 0.231 e. The van der Waals surface area contributed by atoms with Crippen molar-refractivity contribution < 1.29 is 9.47 Å². The Kier molecular flexibility index (Phi) is 4.08. The highest BCUT2D eigenvalue weighted by Crippen LogP contribution is 2.32. The monoisotopic (exact) mass is 334 g/mol. The van der Waals surface area contributed by atoms with Gasteiger partial charge in [0.2, 0.25) is 12.7 Å². The Balaban J connectivity index is 1.46. The lowest BCUT2D eigenvalue weighted by atomic mass is 10.2. The number of para-hydroxylation sites is 1. The highest BCUT2D eigenvalue weighted by Gasteiger charge is 2.13. The molecule has 1 aliphatic heterocycles. The van der Waals surface area contributed by atoms with Crippen molar-refractivity contribution in [3.8, 4) is 11.5 Å². The van der Waals surface area contributed by atoms with Crippen LogP contribution in [0.2, 0.25) is 0 Å². The van der Waals surface area contributed by atoms with Gasteiger partial charge >= 0.3 is 0 Å². The summed E-state index contributed by atoms with van der Waals surface area (Å²) in [6.45, 7) is 0.887. The Morgan fingerprint density at radius 1 is 1.04 bits per heavy atom. The van der Waals surface area contributed by atoms with Gasteiger partial charge in [0, 0.05) is 25.5 Å². The number of benzene rings is 2. The number of ether oxygens (including phenoxy) is 2. The molecule has 1 N–H and O–H groups in total. The minimum absolute atomic E-state index is 0.281. The van der Waals surface area contributed by atoms with Gasteiger partial charge in [-0.15, -0.1) is 0 Å². The quantitative estimate of drug-likeness (QED) is 0.769. The van der Waals surface area contributed by atoms with E-state index in [4.69, 9.17) is 9.47 Å². The van der Waals surface area contributed by atoms with Crippen LogP contribution in [0, 0.1) is 0 Å². The molecule has 3 aromatic rings. The van der Waals surface area contributed by atoms with Crippen molar-refractivity contribution in [1.82, 2.24) is 9.97 Å². The molecular formula is C19H18N4O2. The molecule has 2 aromatic carbocycles. The summed E-state index contributed by atoms with van der Waals surface area (Å²) >= 11 is 0. The molecule has 1 aromatic heterocycles. The summed E-state index contributed by atoms with van der Waals surface area (Å²) in [6, 6.07) is 17.9. The Morgan fingerprint density at radius 3 is 2.76 bits per heavy atom. The van der Waals surface area contributed by atoms with E-state index in [9.17, 15) is 0 Å². The number of hydrogen-bond acceptors (Lipinski definition) is 6. The molecule has 0 spiro atoms. The van der Waals surface area contributed by atoms with Crippen LogP contribution in [0.1, 0.15) is 5.56 Å². The summed E-state index contributed by atoms with van der Waals surface area (Å²) in [6.07, 6.45) is 1.75. The number of fused-ring (bicyclic) bond motifs is 1. The maximum atomic E-state index is 5.40. The summed E-state index contributed by atoms with van der Waals surface area (Å²) in [4.78, 5) is 10.9. The van der Waals surface area contributed by atoms with Crippen LogP contribution in [0.15, 0.2) is 60.8 Å². The fourth-order valence-electron chi connectivity index (χ4n) is 2.64. The van der Waals surface area contributed by atoms with E-state index in [0.29, 0.717) is 12.5 Å². The molecule has 0 fully saturated rings. The first-order valence-corrected chi connectivity index (χ1v) is 8.04. The zero-order valence-electron chi connectivity index (χ0n) is 13.8. The third kappa shape index (κ3) is 3.33. The number of aromatic nitrogens is 2. The van der Waals surface area contributed by atoms with Crippen LogP contribution < -0.4 is 19.7 Å². The van der Waals surface area contributed by atoms with E-state index in [1.807, 2.05) is 66.5 Å². The Morgan fingerprint density at radius 2 is 1.88 bits per heavy atom. The Labute approximate surface area is 146 Å². The van der Waals surface area contributed by atoms with E-state index in [1.165, 1.54) is 0 Å². The summed E-state index contributed by atoms with van der Waals surface area (Å²) in [5.74, 6) is 2.97. The third-order valence-corrected chi connectivity index (χ3v) is 4.02. The predicted octanol–water partition coefficient (Wildman–Crippen LogP) is 3.59. The maximum absolute atomic E-state index is 5.40. The van der Waals surface area contributed by atoms with Crippen LogP contribution in [0.25, 0.3) is 0 Å². The largest absolute Gasteiger partial charge is 0.454 e. The minimum atomic E-state index is 0.281. The molecule has 25 heavy (non-hydrogen) atoms. The van der Waals surface area contributed by atoms with Gasteiger partial charge in [0.05, 0.1) is 0 Å². The van der Waals surface area contributed by atoms with Gasteiger partial charge in [0.25, 0.3) is 0 Å². The van der Waals surface area contributed by atoms with Crippen molar-refractivity contribution in [2.24, 2.45) is 0 Å². The van der Waals surface area contributed by atoms with Crippen LogP contribution in [0.3, 0.4) is 0 Å². The van der Waals surface area contributed by atoms with Crippen molar-refractivity contribution in [2.45, 2.75) is 6.54 Å². The summed E-state index contributed by atoms with van der Waals surface area (Å²) in [5.41, 5.74) is 2.15. The molecule has 0 bridgehead atoms. The topological polar surface area (TPSA) is 59.5 Å². The summed E-state index contributed by atoms with van der Waals surface area (Å²) in [7, 11) is 1.99. The van der Waals surface area contributed by atoms with E-state index in [1.54, 1.807) is 6.20 Å². The Hall–Kier alpha value is -3.28. The first-order valence-electron chi connectivity index (χ1n) is 8.04. The van der Waals surface area contributed by atoms with Crippen LogP contribution in [0.4, 0.5) is 17.5 Å². The standard InChI is InChI=1S/C19H18N4O2/c1-23(15-5-3-2-4-6-15)18-9-10-20-19(22-18)21-12-14-7-8-16-17(11-14)25-13-24-16/h2-11H,12-13H2,1H3,(H,20,21,22). The van der Waals surface area contributed by atoms with E-state index in [2.05, 4.69) is 15.3 Å². The van der Waals surface area contributed by atoms with Gasteiger partial charge in [-0.1, -0.05) is 24.3 Å². The second-order valence-corrected chi connectivity index (χ2v) is 5.67. The molecule has 6 heteroatoms. The average Bonchev–Trinajstić information content (AvgIpc) is 3.14. The molecule has 0 atom stereocenters. The molecule has 126 valence electrons. The molecule has 0 aliphatic carbocycles. The first kappa shape index (κ1) is 15.3. The van der Waals surface area contributed by atoms with E-state index in [0.717, 1.165) is 28.6 Å². The zero-order chi connectivity index (χ0) is 17.1. The molecule has 0 saturated heterocycles. The minimum Gasteiger partial charge on any atom is -0.454 e. The van der Waals surface area contributed by atoms with Gasteiger partial charge in [-0.2, -0.15) is 4.98 Å². The second-order valence-electron chi connectivity index (χ2n) is 5.67. The van der Waals surface area contributed by atoms with Gasteiger partial charge in [-0.3, -0.25) is 0 Å². The SMILES string of the molecule is CN(c1ccccc1)c1ccnc(NCc2ccc3c(c2)OCO3)n1. The molecule has 0 saturated carbocycles. The van der Waals surface area contributed by atoms with Crippen LogP contribution in [0.5, 0.6) is 11.5 Å². The number of anilines is 3. The number of hydrogen-bond donors (Lipinski definition) is 1. The zero-order valence-corrected chi connectivity index (χ0v) is 13.8. The lowest BCUT2D eigenvalue weighted by Gasteiger charge is -2.18. The molecule has 0 amide bonds. The number of nitrogens with one attached hydrogen (secondary N) is 1. The first-order chi connectivity index (χ1) is 12.3. The van der Waals surface area contributed by atoms with Gasteiger partial charge in [0.15, 0.2) is 11.5 Å². The summed E-state index contributed by atoms with van der Waals surface area (Å²) in [5, 5.41) is 3.25. The predicted molar refractivity (Wildman–Crippen MR) is 96.4 cm³/mol. The van der Waals surface area contributed by atoms with Crippen molar-refractivity contribution in [3.05, 3.63) is 66.4 Å². The summed E-state index contributed by atoms with van der Waals surface area (Å²) < 4.78 is 10.7. The molecular weight excluding hydrogens is 316 g/mol. The molecule has 0 radical (unpaired) electrons. The number of rotatable bonds is 5. The van der Waals surface area contributed by atoms with Crippen LogP contribution >= 0.6 is 0 Å². The molecule has 0 unspecified atom stereocenters. The Bertz CT molecular complexity index is 870. The molecule has 1 aliphatic rings. The molecule has 2 heterocycles. The average molecular weight is 334 g/mol. The van der Waals surface area contributed by atoms with Crippen molar-refractivity contribution in [3.63, 3.8) is 0 Å². The maximum Gasteiger partial charge on any atom is 0.231 e.